The van der Waals surface area contributed by atoms with Crippen molar-refractivity contribution in [1.29, 1.82) is 0 Å². The number of ketones is 1. The lowest BCUT2D eigenvalue weighted by Gasteiger charge is -2.25. The Morgan fingerprint density at radius 2 is 1.19 bits per heavy atom. The number of carbonyl (C=O) groups excluding carboxylic acids is 2. The maximum absolute atomic E-state index is 12.8. The largest absolute Gasteiger partial charge is 0.486 e. The van der Waals surface area contributed by atoms with Crippen LogP contribution in [0, 0.1) is 0 Å². The van der Waals surface area contributed by atoms with Crippen LogP contribution in [0.1, 0.15) is 33.6 Å². The third kappa shape index (κ3) is 7.57. The molecule has 6 rings (SSSR count). The first-order chi connectivity index (χ1) is 23.1. The van der Waals surface area contributed by atoms with Crippen molar-refractivity contribution in [3.05, 3.63) is 105 Å². The Hall–Kier alpha value is -4.64. The highest BCUT2D eigenvalue weighted by Crippen LogP contribution is 2.29. The fraction of sp³-hybridized carbons (Fsp3) is 0.263. The van der Waals surface area contributed by atoms with Crippen LogP contribution >= 0.6 is 22.7 Å². The Bertz CT molecular complexity index is 2270. The van der Waals surface area contributed by atoms with Gasteiger partial charge in [0.05, 0.1) is 0 Å². The van der Waals surface area contributed by atoms with E-state index in [0.29, 0.717) is 52.5 Å². The molecule has 246 valence electrons. The van der Waals surface area contributed by atoms with Gasteiger partial charge < -0.3 is 18.9 Å². The summed E-state index contributed by atoms with van der Waals surface area (Å²) >= 11 is 3.00. The lowest BCUT2D eigenvalue weighted by Crippen LogP contribution is -2.31. The minimum Gasteiger partial charge on any atom is -0.486 e. The van der Waals surface area contributed by atoms with E-state index < -0.39 is 17.7 Å². The fourth-order valence-electron chi connectivity index (χ4n) is 5.40. The fourth-order valence-corrected chi connectivity index (χ4v) is 7.60. The van der Waals surface area contributed by atoms with Gasteiger partial charge in [0.2, 0.25) is 0 Å². The average molecular weight is 683 g/mol. The lowest BCUT2D eigenvalue weighted by molar-refractivity contribution is -0.159. The van der Waals surface area contributed by atoms with E-state index in [-0.39, 0.29) is 29.9 Å². The van der Waals surface area contributed by atoms with Gasteiger partial charge in [-0.15, -0.1) is 22.7 Å². The number of carbonyl (C=O) groups is 2. The molecule has 0 spiro atoms. The van der Waals surface area contributed by atoms with E-state index in [9.17, 15) is 19.2 Å². The van der Waals surface area contributed by atoms with Gasteiger partial charge in [0.1, 0.15) is 29.8 Å². The molecule has 0 aliphatic carbocycles. The summed E-state index contributed by atoms with van der Waals surface area (Å²) in [5, 5.41) is 2.60. The normalized spacial score (nSPS) is 12.4. The van der Waals surface area contributed by atoms with Gasteiger partial charge >= 0.3 is 5.97 Å². The molecule has 2 heterocycles. The minimum absolute atomic E-state index is 0.0219. The summed E-state index contributed by atoms with van der Waals surface area (Å²) in [7, 11) is 0. The standard InChI is InChI=1S/C38H34O8S2/c1-23(30(39)21-44-24-13-15-28-33(19-24)47-31-11-6-4-9-26(31)36(28)41)43-18-8-17-38(2,3)46-35(40)22-45-25-14-16-29-34(20-25)48-32-12-7-5-10-27(32)37(29)42/h4-7,9-16,19-20,23H,8,17-18,21-22H2,1-3H3. The number of esters is 1. The molecule has 1 unspecified atom stereocenters. The molecule has 0 bridgehead atoms. The van der Waals surface area contributed by atoms with Crippen LogP contribution in [0.15, 0.2) is 94.5 Å². The molecule has 0 aliphatic heterocycles. The van der Waals surface area contributed by atoms with E-state index in [4.69, 9.17) is 18.9 Å². The Kier molecular flexibility index (Phi) is 9.86. The van der Waals surface area contributed by atoms with Gasteiger partial charge in [0, 0.05) is 47.0 Å². The molecule has 0 aliphatic rings. The molecule has 48 heavy (non-hydrogen) atoms. The third-order valence-corrected chi connectivity index (χ3v) is 10.2. The Labute approximate surface area is 284 Å². The van der Waals surface area contributed by atoms with Crippen molar-refractivity contribution >= 4 is 74.8 Å². The zero-order valence-corrected chi connectivity index (χ0v) is 28.4. The van der Waals surface area contributed by atoms with Gasteiger partial charge in [-0.2, -0.15) is 0 Å². The van der Waals surface area contributed by atoms with E-state index in [0.717, 1.165) is 18.8 Å². The molecule has 0 N–H and O–H groups in total. The van der Waals surface area contributed by atoms with Crippen molar-refractivity contribution in [2.45, 2.75) is 45.3 Å². The number of hydrogen-bond donors (Lipinski definition) is 0. The summed E-state index contributed by atoms with van der Waals surface area (Å²) in [5.74, 6) is 0.264. The molecule has 0 fully saturated rings. The number of hydrogen-bond acceptors (Lipinski definition) is 10. The summed E-state index contributed by atoms with van der Waals surface area (Å²) in [4.78, 5) is 50.9. The summed E-state index contributed by atoms with van der Waals surface area (Å²) < 4.78 is 26.2. The van der Waals surface area contributed by atoms with E-state index in [1.807, 2.05) is 62.4 Å². The highest BCUT2D eigenvalue weighted by atomic mass is 32.1. The van der Waals surface area contributed by atoms with E-state index in [2.05, 4.69) is 0 Å². The average Bonchev–Trinajstić information content (AvgIpc) is 3.08. The third-order valence-electron chi connectivity index (χ3n) is 7.97. The van der Waals surface area contributed by atoms with Gasteiger partial charge in [-0.05, 0) is 94.3 Å². The van der Waals surface area contributed by atoms with Gasteiger partial charge in [-0.25, -0.2) is 4.79 Å². The van der Waals surface area contributed by atoms with Crippen LogP contribution < -0.4 is 20.3 Å². The van der Waals surface area contributed by atoms with E-state index in [1.165, 1.54) is 22.7 Å². The zero-order chi connectivity index (χ0) is 33.8. The van der Waals surface area contributed by atoms with E-state index in [1.54, 1.807) is 43.3 Å². The predicted molar refractivity (Wildman–Crippen MR) is 192 cm³/mol. The van der Waals surface area contributed by atoms with Crippen molar-refractivity contribution in [3.63, 3.8) is 0 Å². The molecule has 0 amide bonds. The Morgan fingerprint density at radius 1 is 0.688 bits per heavy atom. The first-order valence-corrected chi connectivity index (χ1v) is 17.2. The summed E-state index contributed by atoms with van der Waals surface area (Å²) in [6.07, 6.45) is 0.402. The molecule has 6 aromatic rings. The van der Waals surface area contributed by atoms with E-state index >= 15 is 0 Å². The van der Waals surface area contributed by atoms with Crippen LogP contribution in [0.5, 0.6) is 11.5 Å². The number of fused-ring (bicyclic) bond motifs is 4. The molecule has 10 heteroatoms. The molecule has 4 aromatic carbocycles. The monoisotopic (exact) mass is 682 g/mol. The SMILES string of the molecule is CC(OCCCC(C)(C)OC(=O)COc1ccc2c(=O)c3ccccc3sc2c1)C(=O)COc1ccc2c(=O)c3ccccc3sc2c1. The van der Waals surface area contributed by atoms with Gasteiger partial charge in [0.15, 0.2) is 23.2 Å². The summed E-state index contributed by atoms with van der Waals surface area (Å²) in [5.41, 5.74) is -0.820. The maximum Gasteiger partial charge on any atom is 0.344 e. The number of rotatable bonds is 13. The molecule has 0 saturated heterocycles. The second-order valence-electron chi connectivity index (χ2n) is 12.1. The van der Waals surface area contributed by atoms with Crippen LogP contribution in [0.4, 0.5) is 0 Å². The summed E-state index contributed by atoms with van der Waals surface area (Å²) in [6.45, 7) is 5.18. The van der Waals surface area contributed by atoms with Crippen molar-refractivity contribution < 1.29 is 28.5 Å². The molecule has 8 nitrogen and oxygen atoms in total. The first-order valence-electron chi connectivity index (χ1n) is 15.6. The highest BCUT2D eigenvalue weighted by molar-refractivity contribution is 7.25. The van der Waals surface area contributed by atoms with Crippen molar-refractivity contribution in [2.24, 2.45) is 0 Å². The van der Waals surface area contributed by atoms with Crippen LogP contribution in [0.2, 0.25) is 0 Å². The molecule has 0 radical (unpaired) electrons. The van der Waals surface area contributed by atoms with Crippen molar-refractivity contribution in [2.75, 3.05) is 19.8 Å². The quantitative estimate of drug-likeness (QED) is 0.0694. The van der Waals surface area contributed by atoms with Crippen molar-refractivity contribution in [3.8, 4) is 11.5 Å². The molecular formula is C38H34O8S2. The Balaban J connectivity index is 0.931. The van der Waals surface area contributed by atoms with Gasteiger partial charge in [-0.1, -0.05) is 24.3 Å². The number of Topliss-reactive ketones (excluding diaryl/α,β-unsaturated/α-hetero) is 1. The Morgan fingerprint density at radius 3 is 1.75 bits per heavy atom. The molecule has 0 saturated carbocycles. The maximum atomic E-state index is 12.8. The molecule has 1 atom stereocenters. The van der Waals surface area contributed by atoms with Crippen LogP contribution in [0.25, 0.3) is 40.3 Å². The number of benzene rings is 4. The molecule has 2 aromatic heterocycles. The first kappa shape index (κ1) is 33.3. The summed E-state index contributed by atoms with van der Waals surface area (Å²) in [6, 6.07) is 25.4. The van der Waals surface area contributed by atoms with Crippen LogP contribution in [-0.2, 0) is 19.1 Å². The second kappa shape index (κ2) is 14.2. The van der Waals surface area contributed by atoms with Gasteiger partial charge in [-0.3, -0.25) is 14.4 Å². The smallest absolute Gasteiger partial charge is 0.344 e. The lowest BCUT2D eigenvalue weighted by atomic mass is 10.0. The number of ether oxygens (including phenoxy) is 4. The minimum atomic E-state index is -0.769. The topological polar surface area (TPSA) is 105 Å². The van der Waals surface area contributed by atoms with Crippen molar-refractivity contribution in [1.82, 2.24) is 0 Å². The van der Waals surface area contributed by atoms with Gasteiger partial charge in [0.25, 0.3) is 0 Å². The predicted octanol–water partition coefficient (Wildman–Crippen LogP) is 7.68. The molecular weight excluding hydrogens is 649 g/mol. The van der Waals surface area contributed by atoms with Crippen LogP contribution in [-0.4, -0.2) is 43.3 Å². The second-order valence-corrected chi connectivity index (χ2v) is 14.2. The highest BCUT2D eigenvalue weighted by Gasteiger charge is 2.24. The van der Waals surface area contributed by atoms with Crippen LogP contribution in [0.3, 0.4) is 0 Å². The zero-order valence-electron chi connectivity index (χ0n) is 26.8.